The molecule has 20 heteroatoms. The Bertz CT molecular complexity index is 1530. The number of ether oxygens (including phenoxy) is 4. The summed E-state index contributed by atoms with van der Waals surface area (Å²) >= 11 is 0. The smallest absolute Gasteiger partial charge is 0.462 e. The third kappa shape index (κ3) is 29.3. The summed E-state index contributed by atoms with van der Waals surface area (Å²) in [5, 5.41) is 73.2. The van der Waals surface area contributed by atoms with Crippen LogP contribution in [-0.4, -0.2) is 151 Å². The number of carbonyl (C=O) groups excluding carboxylic acids is 3. The molecular formula is C55H105N2O17P. The van der Waals surface area contributed by atoms with Gasteiger partial charge in [-0.2, -0.15) is 0 Å². The van der Waals surface area contributed by atoms with Crippen LogP contribution in [0.1, 0.15) is 240 Å². The highest BCUT2D eigenvalue weighted by molar-refractivity contribution is 7.46. The van der Waals surface area contributed by atoms with Crippen LogP contribution < -0.4 is 10.6 Å². The average Bonchev–Trinajstić information content (AvgIpc) is 3.36. The molecule has 0 saturated carbocycles. The van der Waals surface area contributed by atoms with Crippen LogP contribution in [-0.2, 0) is 42.4 Å². The quantitative estimate of drug-likeness (QED) is 0.0159. The topological polar surface area (TPSA) is 300 Å². The molecule has 19 nitrogen and oxygen atoms in total. The molecule has 0 bridgehead atoms. The first kappa shape index (κ1) is 69.3. The van der Waals surface area contributed by atoms with E-state index in [0.29, 0.717) is 32.1 Å². The molecule has 0 aromatic rings. The predicted octanol–water partition coefficient (Wildman–Crippen LogP) is 7.60. The van der Waals surface area contributed by atoms with E-state index in [9.17, 15) is 59.4 Å². The summed E-state index contributed by atoms with van der Waals surface area (Å²) in [6.45, 7) is 7.40. The number of aliphatic hydroxyl groups is 6. The first-order chi connectivity index (χ1) is 36.0. The molecule has 10 N–H and O–H groups in total. The van der Waals surface area contributed by atoms with Gasteiger partial charge in [-0.3, -0.25) is 18.9 Å². The number of aliphatic hydroxyl groups excluding tert-OH is 6. The van der Waals surface area contributed by atoms with Crippen LogP contribution in [0.5, 0.6) is 0 Å². The van der Waals surface area contributed by atoms with Gasteiger partial charge in [-0.05, 0) is 32.1 Å². The van der Waals surface area contributed by atoms with Crippen LogP contribution in [0.4, 0.5) is 0 Å². The Labute approximate surface area is 449 Å². The van der Waals surface area contributed by atoms with Gasteiger partial charge in [0.15, 0.2) is 6.29 Å². The van der Waals surface area contributed by atoms with Crippen molar-refractivity contribution in [3.63, 3.8) is 0 Å². The summed E-state index contributed by atoms with van der Waals surface area (Å²) in [5.74, 6) is -1.88. The van der Waals surface area contributed by atoms with Crippen LogP contribution in [0.15, 0.2) is 0 Å². The lowest BCUT2D eigenvalue weighted by molar-refractivity contribution is -0.300. The van der Waals surface area contributed by atoms with Crippen molar-refractivity contribution >= 4 is 25.6 Å². The van der Waals surface area contributed by atoms with Gasteiger partial charge < -0.3 is 70.0 Å². The number of amides is 2. The fraction of sp³-hybridized carbons (Fsp3) is 0.945. The lowest BCUT2D eigenvalue weighted by Gasteiger charge is -2.49. The molecule has 442 valence electrons. The summed E-state index contributed by atoms with van der Waals surface area (Å²) in [6, 6.07) is -3.14. The van der Waals surface area contributed by atoms with Crippen LogP contribution in [0.3, 0.4) is 0 Å². The van der Waals surface area contributed by atoms with E-state index in [2.05, 4.69) is 31.4 Å². The summed E-state index contributed by atoms with van der Waals surface area (Å²) < 4.78 is 40.8. The normalized spacial score (nSPS) is 25.4. The molecule has 0 aromatic carbocycles. The first-order valence-electron chi connectivity index (χ1n) is 29.5. The number of rotatable bonds is 45. The molecular weight excluding hydrogens is 992 g/mol. The molecule has 2 aliphatic rings. The van der Waals surface area contributed by atoms with E-state index < -0.39 is 112 Å². The molecule has 2 heterocycles. The molecule has 13 atom stereocenters. The lowest BCUT2D eigenvalue weighted by Crippen LogP contribution is -2.72. The fourth-order valence-corrected chi connectivity index (χ4v) is 10.8. The largest absolute Gasteiger partial charge is 0.470 e. The highest BCUT2D eigenvalue weighted by atomic mass is 31.2. The van der Waals surface area contributed by atoms with Crippen LogP contribution in [0.25, 0.3) is 0 Å². The molecule has 2 aliphatic heterocycles. The molecule has 1 unspecified atom stereocenters. The van der Waals surface area contributed by atoms with Crippen molar-refractivity contribution in [2.75, 3.05) is 13.2 Å². The van der Waals surface area contributed by atoms with Gasteiger partial charge in [0.25, 0.3) is 0 Å². The van der Waals surface area contributed by atoms with Crippen molar-refractivity contribution in [3.05, 3.63) is 0 Å². The molecule has 0 aromatic heterocycles. The van der Waals surface area contributed by atoms with Gasteiger partial charge >= 0.3 is 13.8 Å². The summed E-state index contributed by atoms with van der Waals surface area (Å²) in [5.41, 5.74) is 0. The standard InChI is InChI=1S/C55H105N2O17P/c1-5-9-12-15-18-21-24-27-30-33-40(59)37-43(60)57-47-48(63)50(65)54(73-55(47)70-36-8-4)51(66)53-46(49(64)52(42(39-58)72-53)74-75(67,68)69)56-44(61)38-41(34-31-28-25-22-19-16-13-10-6-2)71-45(62)35-32-29-26-23-20-17-14-11-7-3/h40-42,46-55,58-59,63-66H,5-39H2,1-4H3,(H,56,61)(H,57,60)(H2,67,68,69)/t40-,41-,42-,46+,47+,48-,49-,50+,51?,52-,53-,54+,55+/m1/s1. The van der Waals surface area contributed by atoms with E-state index in [1.807, 2.05) is 0 Å². The van der Waals surface area contributed by atoms with Crippen molar-refractivity contribution in [3.8, 4) is 0 Å². The third-order valence-electron chi connectivity index (χ3n) is 14.5. The Kier molecular flexibility index (Phi) is 38.1. The number of phosphoric ester groups is 1. The molecule has 2 saturated heterocycles. The summed E-state index contributed by atoms with van der Waals surface area (Å²) in [6.07, 6.45) is 11.0. The Morgan fingerprint density at radius 2 is 1.03 bits per heavy atom. The third-order valence-corrected chi connectivity index (χ3v) is 15.1. The van der Waals surface area contributed by atoms with Gasteiger partial charge in [-0.15, -0.1) is 0 Å². The van der Waals surface area contributed by atoms with E-state index in [1.54, 1.807) is 6.92 Å². The van der Waals surface area contributed by atoms with Gasteiger partial charge in [0.1, 0.15) is 61.0 Å². The maximum Gasteiger partial charge on any atom is 0.470 e. The van der Waals surface area contributed by atoms with Crippen molar-refractivity contribution < 1.29 is 82.8 Å². The van der Waals surface area contributed by atoms with Crippen LogP contribution in [0.2, 0.25) is 0 Å². The zero-order chi connectivity index (χ0) is 55.4. The molecule has 0 radical (unpaired) electrons. The number of hydrogen-bond acceptors (Lipinski definition) is 15. The highest BCUT2D eigenvalue weighted by Gasteiger charge is 2.56. The minimum absolute atomic E-state index is 0.0547. The Morgan fingerprint density at radius 1 is 0.560 bits per heavy atom. The Morgan fingerprint density at radius 3 is 1.52 bits per heavy atom. The minimum atomic E-state index is -5.37. The molecule has 0 aliphatic carbocycles. The van der Waals surface area contributed by atoms with E-state index >= 15 is 0 Å². The summed E-state index contributed by atoms with van der Waals surface area (Å²) in [7, 11) is -5.37. The molecule has 2 amide bonds. The SMILES string of the molecule is CCCCCCCCCCCC(=O)O[C@H](CCCCCCCCCCC)CC(=O)N[C@H]1[C@@H](O)[C@H](OP(=O)(O)O)[C@@H](CO)O[C@H]1C(O)[C@H]1O[C@H](OCCC)[C@@H](NC(=O)C[C@H](O)CCCCCCCCCCC)[C@@H](O)[C@@H]1O. The number of hydrogen-bond donors (Lipinski definition) is 10. The van der Waals surface area contributed by atoms with Crippen LogP contribution >= 0.6 is 7.82 Å². The van der Waals surface area contributed by atoms with E-state index in [-0.39, 0.29) is 25.9 Å². The van der Waals surface area contributed by atoms with Gasteiger partial charge in [0.2, 0.25) is 11.8 Å². The van der Waals surface area contributed by atoms with Gasteiger partial charge in [0, 0.05) is 13.0 Å². The van der Waals surface area contributed by atoms with Gasteiger partial charge in [-0.25, -0.2) is 4.57 Å². The van der Waals surface area contributed by atoms with Crippen molar-refractivity contribution in [2.24, 2.45) is 0 Å². The Balaban J connectivity index is 2.26. The second kappa shape index (κ2) is 41.2. The molecule has 0 spiro atoms. The molecule has 2 fully saturated rings. The number of nitrogens with one attached hydrogen (secondary N) is 2. The average molecular weight is 1100 g/mol. The Hall–Kier alpha value is -1.84. The first-order valence-corrected chi connectivity index (χ1v) is 31.0. The van der Waals surface area contributed by atoms with Gasteiger partial charge in [0.05, 0.1) is 31.6 Å². The second-order valence-corrected chi connectivity index (χ2v) is 22.5. The maximum atomic E-state index is 14.1. The number of phosphoric acid groups is 1. The number of esters is 1. The molecule has 75 heavy (non-hydrogen) atoms. The highest BCUT2D eigenvalue weighted by Crippen LogP contribution is 2.42. The molecule has 2 rings (SSSR count). The van der Waals surface area contributed by atoms with Crippen molar-refractivity contribution in [1.29, 1.82) is 0 Å². The maximum absolute atomic E-state index is 14.1. The summed E-state index contributed by atoms with van der Waals surface area (Å²) in [4.78, 5) is 60.1. The minimum Gasteiger partial charge on any atom is -0.462 e. The zero-order valence-corrected chi connectivity index (χ0v) is 47.3. The van der Waals surface area contributed by atoms with E-state index in [4.69, 9.17) is 23.5 Å². The predicted molar refractivity (Wildman–Crippen MR) is 286 cm³/mol. The fourth-order valence-electron chi connectivity index (χ4n) is 10.2. The number of unbranched alkanes of at least 4 members (excludes halogenated alkanes) is 24. The van der Waals surface area contributed by atoms with E-state index in [0.717, 1.165) is 77.0 Å². The lowest BCUT2D eigenvalue weighted by atomic mass is 9.84. The monoisotopic (exact) mass is 1100 g/mol. The van der Waals surface area contributed by atoms with Crippen LogP contribution in [0, 0.1) is 0 Å². The van der Waals surface area contributed by atoms with Gasteiger partial charge in [-0.1, -0.05) is 188 Å². The zero-order valence-electron chi connectivity index (χ0n) is 46.5. The van der Waals surface area contributed by atoms with Crippen molar-refractivity contribution in [1.82, 2.24) is 10.6 Å². The van der Waals surface area contributed by atoms with E-state index in [1.165, 1.54) is 83.5 Å². The van der Waals surface area contributed by atoms with Crippen molar-refractivity contribution in [2.45, 2.75) is 319 Å². The second-order valence-electron chi connectivity index (χ2n) is 21.4. The number of carbonyl (C=O) groups is 3.